The number of ether oxygens (including phenoxy) is 2. The van der Waals surface area contributed by atoms with E-state index < -0.39 is 11.9 Å². The first kappa shape index (κ1) is 23.7. The van der Waals surface area contributed by atoms with Gasteiger partial charge in [-0.2, -0.15) is 0 Å². The topological polar surface area (TPSA) is 62.2 Å². The van der Waals surface area contributed by atoms with Gasteiger partial charge in [-0.25, -0.2) is 4.39 Å². The molecule has 1 aromatic carbocycles. The Hall–Kier alpha value is -1.54. The average molecular weight is 411 g/mol. The van der Waals surface area contributed by atoms with Crippen LogP contribution in [0, 0.1) is 11.7 Å². The smallest absolute Gasteiger partial charge is 0.254 e. The van der Waals surface area contributed by atoms with Crippen LogP contribution in [-0.4, -0.2) is 85.1 Å². The number of morpholine rings is 1. The fourth-order valence-electron chi connectivity index (χ4n) is 3.44. The van der Waals surface area contributed by atoms with Gasteiger partial charge < -0.3 is 19.5 Å². The van der Waals surface area contributed by atoms with Gasteiger partial charge in [-0.15, -0.1) is 0 Å². The summed E-state index contributed by atoms with van der Waals surface area (Å²) in [7, 11) is 0. The van der Waals surface area contributed by atoms with Crippen molar-refractivity contribution < 1.29 is 23.8 Å². The lowest BCUT2D eigenvalue weighted by molar-refractivity contribution is -0.0631. The molecule has 0 radical (unpaired) electrons. The van der Waals surface area contributed by atoms with Crippen molar-refractivity contribution in [3.05, 3.63) is 35.6 Å². The quantitative estimate of drug-likeness (QED) is 0.642. The van der Waals surface area contributed by atoms with Gasteiger partial charge in [-0.1, -0.05) is 19.9 Å². The molecule has 29 heavy (non-hydrogen) atoms. The van der Waals surface area contributed by atoms with Crippen LogP contribution in [-0.2, 0) is 9.47 Å². The predicted octanol–water partition coefficient (Wildman–Crippen LogP) is 2.41. The van der Waals surface area contributed by atoms with Gasteiger partial charge in [0.1, 0.15) is 5.82 Å². The van der Waals surface area contributed by atoms with Crippen molar-refractivity contribution >= 4 is 5.91 Å². The minimum absolute atomic E-state index is 0.0838. The summed E-state index contributed by atoms with van der Waals surface area (Å²) >= 11 is 0. The van der Waals surface area contributed by atoms with Crippen LogP contribution in [0.15, 0.2) is 24.3 Å². The molecule has 0 bridgehead atoms. The highest BCUT2D eigenvalue weighted by atomic mass is 19.1. The van der Waals surface area contributed by atoms with Crippen molar-refractivity contribution in [1.82, 2.24) is 9.80 Å². The molecule has 1 aromatic rings. The van der Waals surface area contributed by atoms with Gasteiger partial charge in [0.2, 0.25) is 0 Å². The third-order valence-electron chi connectivity index (χ3n) is 4.68. The minimum Gasteiger partial charge on any atom is -0.389 e. The number of rotatable bonds is 10. The van der Waals surface area contributed by atoms with Crippen LogP contribution in [0.5, 0.6) is 0 Å². The highest BCUT2D eigenvalue weighted by Gasteiger charge is 2.27. The van der Waals surface area contributed by atoms with E-state index in [1.54, 1.807) is 17.0 Å². The van der Waals surface area contributed by atoms with Crippen molar-refractivity contribution in [2.75, 3.05) is 45.9 Å². The Morgan fingerprint density at radius 1 is 1.38 bits per heavy atom. The second-order valence-corrected chi connectivity index (χ2v) is 8.40. The van der Waals surface area contributed by atoms with Gasteiger partial charge in [0.05, 0.1) is 31.5 Å². The number of hydrogen-bond donors (Lipinski definition) is 1. The lowest BCUT2D eigenvalue weighted by Crippen LogP contribution is -2.51. The predicted molar refractivity (Wildman–Crippen MR) is 110 cm³/mol. The number of halogens is 1. The molecule has 7 heteroatoms. The van der Waals surface area contributed by atoms with Crippen LogP contribution in [0.4, 0.5) is 4.39 Å². The fraction of sp³-hybridized carbons (Fsp3) is 0.682. The zero-order valence-corrected chi connectivity index (χ0v) is 18.0. The van der Waals surface area contributed by atoms with E-state index in [0.29, 0.717) is 45.0 Å². The van der Waals surface area contributed by atoms with Gasteiger partial charge in [-0.05, 0) is 38.0 Å². The van der Waals surface area contributed by atoms with E-state index >= 15 is 0 Å². The normalized spacial score (nSPS) is 19.0. The number of hydrogen-bond acceptors (Lipinski definition) is 5. The summed E-state index contributed by atoms with van der Waals surface area (Å²) in [5.74, 6) is -0.329. The molecule has 6 nitrogen and oxygen atoms in total. The minimum atomic E-state index is -0.558. The molecule has 2 atom stereocenters. The molecule has 1 fully saturated rings. The van der Waals surface area contributed by atoms with E-state index in [0.717, 1.165) is 6.54 Å². The summed E-state index contributed by atoms with van der Waals surface area (Å²) in [6.45, 7) is 11.7. The van der Waals surface area contributed by atoms with Crippen molar-refractivity contribution in [2.24, 2.45) is 5.92 Å². The number of benzene rings is 1. The standard InChI is InChI=1S/C22H35FN2O4/c1-16(2)11-25(22(27)18-6-5-7-19(23)10-18)14-21-13-24(8-9-28-21)12-20(26)15-29-17(3)4/h5-7,10,16-17,20-21,26H,8-9,11-15H2,1-4H3/t20-,21+/m0/s1. The van der Waals surface area contributed by atoms with Gasteiger partial charge in [-0.3, -0.25) is 9.69 Å². The molecule has 1 heterocycles. The van der Waals surface area contributed by atoms with E-state index in [-0.39, 0.29) is 24.0 Å². The lowest BCUT2D eigenvalue weighted by atomic mass is 10.1. The molecule has 0 unspecified atom stereocenters. The molecule has 164 valence electrons. The van der Waals surface area contributed by atoms with Crippen LogP contribution in [0.25, 0.3) is 0 Å². The molecule has 0 saturated carbocycles. The summed E-state index contributed by atoms with van der Waals surface area (Å²) in [4.78, 5) is 16.8. The van der Waals surface area contributed by atoms with Crippen LogP contribution in [0.3, 0.4) is 0 Å². The molecule has 0 aliphatic carbocycles. The molecule has 1 amide bonds. The molecular formula is C22H35FN2O4. The lowest BCUT2D eigenvalue weighted by Gasteiger charge is -2.37. The summed E-state index contributed by atoms with van der Waals surface area (Å²) in [5.41, 5.74) is 0.347. The van der Waals surface area contributed by atoms with Crippen LogP contribution >= 0.6 is 0 Å². The number of β-amino-alcohol motifs (C(OH)–C–C–N with tert-alkyl or cyclic N) is 1. The molecule has 1 saturated heterocycles. The second kappa shape index (κ2) is 11.6. The Morgan fingerprint density at radius 3 is 2.79 bits per heavy atom. The summed E-state index contributed by atoms with van der Waals surface area (Å²) in [5, 5.41) is 10.2. The van der Waals surface area contributed by atoms with Gasteiger partial charge in [0.15, 0.2) is 0 Å². The van der Waals surface area contributed by atoms with E-state index in [4.69, 9.17) is 9.47 Å². The van der Waals surface area contributed by atoms with Gasteiger partial charge in [0.25, 0.3) is 5.91 Å². The number of nitrogens with zero attached hydrogens (tertiary/aromatic N) is 2. The van der Waals surface area contributed by atoms with E-state index in [1.807, 2.05) is 27.7 Å². The fourth-order valence-corrected chi connectivity index (χ4v) is 3.44. The highest BCUT2D eigenvalue weighted by molar-refractivity contribution is 5.94. The number of aliphatic hydroxyl groups excluding tert-OH is 1. The summed E-state index contributed by atoms with van der Waals surface area (Å²) in [6.07, 6.45) is -0.629. The number of carbonyl (C=O) groups excluding carboxylic acids is 1. The van der Waals surface area contributed by atoms with Crippen molar-refractivity contribution in [1.29, 1.82) is 0 Å². The first-order chi connectivity index (χ1) is 13.7. The van der Waals surface area contributed by atoms with E-state index in [2.05, 4.69) is 4.90 Å². The maximum Gasteiger partial charge on any atom is 0.254 e. The Balaban J connectivity index is 1.96. The SMILES string of the molecule is CC(C)CN(C[C@H]1CN(C[C@H](O)COC(C)C)CCO1)C(=O)c1cccc(F)c1. The van der Waals surface area contributed by atoms with Crippen molar-refractivity contribution in [3.63, 3.8) is 0 Å². The molecule has 1 aliphatic rings. The highest BCUT2D eigenvalue weighted by Crippen LogP contribution is 2.14. The third kappa shape index (κ3) is 8.38. The number of carbonyl (C=O) groups is 1. The molecule has 2 rings (SSSR count). The zero-order valence-electron chi connectivity index (χ0n) is 18.0. The third-order valence-corrected chi connectivity index (χ3v) is 4.68. The monoisotopic (exact) mass is 410 g/mol. The number of amides is 1. The zero-order chi connectivity index (χ0) is 21.4. The first-order valence-corrected chi connectivity index (χ1v) is 10.4. The van der Waals surface area contributed by atoms with E-state index in [1.165, 1.54) is 12.1 Å². The second-order valence-electron chi connectivity index (χ2n) is 8.40. The molecule has 1 N–H and O–H groups in total. The Labute approximate surface area is 173 Å². The summed E-state index contributed by atoms with van der Waals surface area (Å²) in [6, 6.07) is 5.79. The Morgan fingerprint density at radius 2 is 2.14 bits per heavy atom. The van der Waals surface area contributed by atoms with Crippen LogP contribution < -0.4 is 0 Å². The summed E-state index contributed by atoms with van der Waals surface area (Å²) < 4.78 is 24.9. The van der Waals surface area contributed by atoms with Gasteiger partial charge >= 0.3 is 0 Å². The first-order valence-electron chi connectivity index (χ1n) is 10.4. The van der Waals surface area contributed by atoms with Crippen LogP contribution in [0.1, 0.15) is 38.1 Å². The van der Waals surface area contributed by atoms with Crippen LogP contribution in [0.2, 0.25) is 0 Å². The van der Waals surface area contributed by atoms with Crippen molar-refractivity contribution in [3.8, 4) is 0 Å². The maximum absolute atomic E-state index is 13.6. The molecule has 0 spiro atoms. The number of aliphatic hydroxyl groups is 1. The van der Waals surface area contributed by atoms with E-state index in [9.17, 15) is 14.3 Å². The van der Waals surface area contributed by atoms with Gasteiger partial charge in [0, 0.05) is 38.3 Å². The average Bonchev–Trinajstić information content (AvgIpc) is 2.65. The Kier molecular flexibility index (Phi) is 9.49. The largest absolute Gasteiger partial charge is 0.389 e. The molecule has 1 aliphatic heterocycles. The van der Waals surface area contributed by atoms with Crippen molar-refractivity contribution in [2.45, 2.75) is 46.0 Å². The molecule has 0 aromatic heterocycles. The maximum atomic E-state index is 13.6. The Bertz CT molecular complexity index is 641. The molecular weight excluding hydrogens is 375 g/mol.